The van der Waals surface area contributed by atoms with E-state index in [1.165, 1.54) is 12.1 Å². The van der Waals surface area contributed by atoms with Crippen LogP contribution in [0.4, 0.5) is 5.69 Å². The number of nitro groups is 1. The summed E-state index contributed by atoms with van der Waals surface area (Å²) in [6, 6.07) is 4.62. The fourth-order valence-electron chi connectivity index (χ4n) is 1.20. The Labute approximate surface area is 119 Å². The van der Waals surface area contributed by atoms with Crippen LogP contribution < -0.4 is 0 Å². The van der Waals surface area contributed by atoms with E-state index in [0.29, 0.717) is 10.8 Å². The zero-order chi connectivity index (χ0) is 15.2. The first kappa shape index (κ1) is 16.4. The summed E-state index contributed by atoms with van der Waals surface area (Å²) in [5.41, 5.74) is -0.175. The van der Waals surface area contributed by atoms with Crippen LogP contribution in [-0.2, 0) is 18.4 Å². The number of hydrogen-bond donors (Lipinski definition) is 0. The van der Waals surface area contributed by atoms with Crippen molar-refractivity contribution in [3.8, 4) is 0 Å². The average Bonchev–Trinajstić information content (AvgIpc) is 2.43. The van der Waals surface area contributed by atoms with Crippen molar-refractivity contribution >= 4 is 31.3 Å². The van der Waals surface area contributed by atoms with Crippen LogP contribution >= 0.6 is 10.8 Å². The van der Waals surface area contributed by atoms with Gasteiger partial charge in [0.25, 0.3) is 5.69 Å². The number of carbonyl (C=O) groups excluding carboxylic acids is 1. The second-order valence-electron chi connectivity index (χ2n) is 3.60. The molecule has 0 atom stereocenters. The van der Waals surface area contributed by atoms with Gasteiger partial charge in [-0.2, -0.15) is 0 Å². The molecule has 110 valence electrons. The van der Waals surface area contributed by atoms with Gasteiger partial charge in [0, 0.05) is 24.3 Å². The van der Waals surface area contributed by atoms with Gasteiger partial charge in [-0.1, -0.05) is 6.92 Å². The Morgan fingerprint density at radius 2 is 1.95 bits per heavy atom. The molecule has 0 aliphatic rings. The molecule has 9 heteroatoms. The molecule has 1 aromatic rings. The SMILES string of the molecule is CCC(=O)OCCSS(=O)(=O)c1ccc([N+](=O)[O-])cc1. The van der Waals surface area contributed by atoms with E-state index >= 15 is 0 Å². The molecule has 0 aliphatic carbocycles. The standard InChI is InChI=1S/C11H13NO6S2/c1-2-11(13)18-7-8-19-20(16,17)10-5-3-9(4-6-10)12(14)15/h3-6H,2,7-8H2,1H3. The maximum absolute atomic E-state index is 11.9. The molecule has 0 bridgehead atoms. The molecule has 0 aliphatic heterocycles. The van der Waals surface area contributed by atoms with Gasteiger partial charge < -0.3 is 4.74 Å². The maximum Gasteiger partial charge on any atom is 0.305 e. The molecule has 0 saturated carbocycles. The number of hydrogen-bond acceptors (Lipinski definition) is 7. The molecule has 0 fully saturated rings. The number of carbonyl (C=O) groups is 1. The smallest absolute Gasteiger partial charge is 0.305 e. The summed E-state index contributed by atoms with van der Waals surface area (Å²) in [5.74, 6) is -0.288. The van der Waals surface area contributed by atoms with E-state index in [1.807, 2.05) is 0 Å². The van der Waals surface area contributed by atoms with Crippen LogP contribution in [0.5, 0.6) is 0 Å². The summed E-state index contributed by atoms with van der Waals surface area (Å²) in [6.07, 6.45) is 0.236. The Hall–Kier alpha value is -1.61. The lowest BCUT2D eigenvalue weighted by atomic mass is 10.3. The Bertz CT molecular complexity index is 581. The van der Waals surface area contributed by atoms with Gasteiger partial charge >= 0.3 is 5.97 Å². The fraction of sp³-hybridized carbons (Fsp3) is 0.364. The van der Waals surface area contributed by atoms with E-state index in [1.54, 1.807) is 6.92 Å². The van der Waals surface area contributed by atoms with E-state index in [2.05, 4.69) is 0 Å². The van der Waals surface area contributed by atoms with Crippen LogP contribution in [0.25, 0.3) is 0 Å². The topological polar surface area (TPSA) is 104 Å². The summed E-state index contributed by atoms with van der Waals surface area (Å²) in [5, 5.41) is 10.5. The van der Waals surface area contributed by atoms with Gasteiger partial charge in [-0.05, 0) is 22.9 Å². The van der Waals surface area contributed by atoms with Crippen LogP contribution in [-0.4, -0.2) is 31.7 Å². The third kappa shape index (κ3) is 4.82. The highest BCUT2D eigenvalue weighted by atomic mass is 33.1. The quantitative estimate of drug-likeness (QED) is 0.249. The molecule has 0 amide bonds. The Balaban J connectivity index is 2.60. The summed E-state index contributed by atoms with van der Waals surface area (Å²) in [7, 11) is -2.98. The van der Waals surface area contributed by atoms with Crippen LogP contribution in [0.2, 0.25) is 0 Å². The number of ether oxygens (including phenoxy) is 1. The number of rotatable bonds is 7. The molecule has 1 aromatic carbocycles. The van der Waals surface area contributed by atoms with E-state index in [0.717, 1.165) is 12.1 Å². The number of non-ortho nitro benzene ring substituents is 1. The van der Waals surface area contributed by atoms with Gasteiger partial charge in [0.05, 0.1) is 9.82 Å². The second kappa shape index (κ2) is 7.25. The zero-order valence-corrected chi connectivity index (χ0v) is 12.3. The molecule has 0 heterocycles. The van der Waals surface area contributed by atoms with Crippen molar-refractivity contribution in [2.75, 3.05) is 12.4 Å². The molecule has 7 nitrogen and oxygen atoms in total. The Morgan fingerprint density at radius 3 is 2.45 bits per heavy atom. The van der Waals surface area contributed by atoms with Crippen molar-refractivity contribution in [3.05, 3.63) is 34.4 Å². The first-order valence-electron chi connectivity index (χ1n) is 5.66. The zero-order valence-electron chi connectivity index (χ0n) is 10.6. The first-order chi connectivity index (χ1) is 9.36. The Morgan fingerprint density at radius 1 is 1.35 bits per heavy atom. The summed E-state index contributed by atoms with van der Waals surface area (Å²) in [6.45, 7) is 1.65. The van der Waals surface area contributed by atoms with Gasteiger partial charge in [0.2, 0.25) is 8.87 Å². The Kier molecular flexibility index (Phi) is 5.96. The maximum atomic E-state index is 11.9. The molecular weight excluding hydrogens is 306 g/mol. The molecule has 0 spiro atoms. The highest BCUT2D eigenvalue weighted by Gasteiger charge is 2.16. The highest BCUT2D eigenvalue weighted by Crippen LogP contribution is 2.24. The van der Waals surface area contributed by atoms with Gasteiger partial charge in [0.15, 0.2) is 0 Å². The van der Waals surface area contributed by atoms with Gasteiger partial charge in [-0.15, -0.1) is 0 Å². The molecule has 0 N–H and O–H groups in total. The normalized spacial score (nSPS) is 11.1. The molecule has 0 radical (unpaired) electrons. The van der Waals surface area contributed by atoms with Crippen LogP contribution in [0.1, 0.15) is 13.3 Å². The fourth-order valence-corrected chi connectivity index (χ4v) is 3.78. The van der Waals surface area contributed by atoms with Crippen molar-refractivity contribution in [1.29, 1.82) is 0 Å². The van der Waals surface area contributed by atoms with E-state index in [9.17, 15) is 23.3 Å². The lowest BCUT2D eigenvalue weighted by molar-refractivity contribution is -0.384. The van der Waals surface area contributed by atoms with E-state index in [4.69, 9.17) is 4.74 Å². The minimum absolute atomic E-state index is 0.00352. The van der Waals surface area contributed by atoms with E-state index < -0.39 is 19.8 Å². The van der Waals surface area contributed by atoms with Crippen molar-refractivity contribution < 1.29 is 22.9 Å². The predicted octanol–water partition coefficient (Wildman–Crippen LogP) is 1.97. The molecular formula is C11H13NO6S2. The van der Waals surface area contributed by atoms with Gasteiger partial charge in [-0.25, -0.2) is 8.42 Å². The summed E-state index contributed by atoms with van der Waals surface area (Å²) < 4.78 is 28.5. The third-order valence-corrected chi connectivity index (χ3v) is 5.71. The van der Waals surface area contributed by atoms with Crippen molar-refractivity contribution in [1.82, 2.24) is 0 Å². The molecule has 0 saturated heterocycles. The largest absolute Gasteiger partial charge is 0.465 e. The number of nitro benzene ring substituents is 1. The van der Waals surface area contributed by atoms with Crippen LogP contribution in [0, 0.1) is 10.1 Å². The van der Waals surface area contributed by atoms with Gasteiger partial charge in [-0.3, -0.25) is 14.9 Å². The summed E-state index contributed by atoms with van der Waals surface area (Å²) >= 11 is 0. The minimum Gasteiger partial charge on any atom is -0.465 e. The number of esters is 1. The highest BCUT2D eigenvalue weighted by molar-refractivity contribution is 8.72. The van der Waals surface area contributed by atoms with E-state index in [-0.39, 0.29) is 29.4 Å². The number of nitrogens with zero attached hydrogens (tertiary/aromatic N) is 1. The third-order valence-electron chi connectivity index (χ3n) is 2.21. The molecule has 1 rings (SSSR count). The average molecular weight is 319 g/mol. The van der Waals surface area contributed by atoms with Crippen LogP contribution in [0.15, 0.2) is 29.2 Å². The van der Waals surface area contributed by atoms with Crippen molar-refractivity contribution in [2.45, 2.75) is 18.2 Å². The molecule has 0 aromatic heterocycles. The second-order valence-corrected chi connectivity index (χ2v) is 7.65. The first-order valence-corrected chi connectivity index (χ1v) is 8.65. The van der Waals surface area contributed by atoms with Crippen molar-refractivity contribution in [2.24, 2.45) is 0 Å². The monoisotopic (exact) mass is 319 g/mol. The summed E-state index contributed by atoms with van der Waals surface area (Å²) in [4.78, 5) is 20.7. The lowest BCUT2D eigenvalue weighted by Crippen LogP contribution is -2.07. The lowest BCUT2D eigenvalue weighted by Gasteiger charge is -2.04. The van der Waals surface area contributed by atoms with Crippen molar-refractivity contribution in [3.63, 3.8) is 0 Å². The van der Waals surface area contributed by atoms with Crippen LogP contribution in [0.3, 0.4) is 0 Å². The predicted molar refractivity (Wildman–Crippen MR) is 74.0 cm³/mol. The molecule has 0 unspecified atom stereocenters. The molecule has 20 heavy (non-hydrogen) atoms. The number of benzene rings is 1. The minimum atomic E-state index is -3.60. The van der Waals surface area contributed by atoms with Gasteiger partial charge in [0.1, 0.15) is 6.61 Å².